The summed E-state index contributed by atoms with van der Waals surface area (Å²) >= 11 is 0.951. The highest BCUT2D eigenvalue weighted by Crippen LogP contribution is 2.29. The molecule has 7 nitrogen and oxygen atoms in total. The molecule has 0 saturated carbocycles. The second kappa shape index (κ2) is 8.16. The molecule has 1 aromatic carbocycles. The zero-order valence-electron chi connectivity index (χ0n) is 14.2. The standard InChI is InChI=1S/C16H16F3N7S/c1-20-15(22-7-13-25-12(8-27-13)16(17,18)19)21-6-10-3-2-4-11(5-10)14-23-9-24-26-14/h2-5,8-9H,6-7H2,1H3,(H2,20,21,22)(H,23,24,26). The largest absolute Gasteiger partial charge is 0.434 e. The van der Waals surface area contributed by atoms with Gasteiger partial charge < -0.3 is 10.6 Å². The van der Waals surface area contributed by atoms with Gasteiger partial charge in [-0.05, 0) is 11.6 Å². The molecule has 142 valence electrons. The molecule has 2 heterocycles. The van der Waals surface area contributed by atoms with E-state index in [2.05, 4.69) is 35.8 Å². The number of nitrogens with zero attached hydrogens (tertiary/aromatic N) is 4. The third kappa shape index (κ3) is 5.03. The van der Waals surface area contributed by atoms with Crippen LogP contribution in [0.5, 0.6) is 0 Å². The fraction of sp³-hybridized carbons (Fsp3) is 0.250. The van der Waals surface area contributed by atoms with E-state index >= 15 is 0 Å². The minimum absolute atomic E-state index is 0.151. The van der Waals surface area contributed by atoms with E-state index < -0.39 is 11.9 Å². The Hall–Kier alpha value is -2.95. The summed E-state index contributed by atoms with van der Waals surface area (Å²) in [5, 5.41) is 14.0. The lowest BCUT2D eigenvalue weighted by Crippen LogP contribution is -2.36. The summed E-state index contributed by atoms with van der Waals surface area (Å²) in [6.07, 6.45) is -2.99. The van der Waals surface area contributed by atoms with Crippen LogP contribution in [0.1, 0.15) is 16.3 Å². The Morgan fingerprint density at radius 3 is 2.74 bits per heavy atom. The van der Waals surface area contributed by atoms with E-state index in [1.54, 1.807) is 7.05 Å². The molecule has 3 N–H and O–H groups in total. The van der Waals surface area contributed by atoms with E-state index in [0.717, 1.165) is 27.8 Å². The Morgan fingerprint density at radius 1 is 1.26 bits per heavy atom. The predicted octanol–water partition coefficient (Wildman–Crippen LogP) is 2.81. The molecule has 0 aliphatic carbocycles. The van der Waals surface area contributed by atoms with Gasteiger partial charge in [-0.25, -0.2) is 9.97 Å². The van der Waals surface area contributed by atoms with Crippen molar-refractivity contribution in [2.24, 2.45) is 4.99 Å². The molecule has 0 fully saturated rings. The van der Waals surface area contributed by atoms with Crippen molar-refractivity contribution in [2.75, 3.05) is 7.05 Å². The number of guanidine groups is 1. The first-order valence-corrected chi connectivity index (χ1v) is 8.74. The fourth-order valence-corrected chi connectivity index (χ4v) is 3.00. The van der Waals surface area contributed by atoms with E-state index in [0.29, 0.717) is 23.3 Å². The van der Waals surface area contributed by atoms with Crippen molar-refractivity contribution in [1.29, 1.82) is 0 Å². The molecule has 0 radical (unpaired) electrons. The Morgan fingerprint density at radius 2 is 2.07 bits per heavy atom. The lowest BCUT2D eigenvalue weighted by molar-refractivity contribution is -0.140. The molecule has 0 bridgehead atoms. The molecule has 3 aromatic rings. The average Bonchev–Trinajstić information content (AvgIpc) is 3.34. The first-order valence-electron chi connectivity index (χ1n) is 7.86. The van der Waals surface area contributed by atoms with Gasteiger partial charge in [0.25, 0.3) is 0 Å². The number of H-pyrrole nitrogens is 1. The fourth-order valence-electron chi connectivity index (χ4n) is 2.26. The average molecular weight is 395 g/mol. The van der Waals surface area contributed by atoms with Crippen LogP contribution in [-0.2, 0) is 19.3 Å². The van der Waals surface area contributed by atoms with E-state index in [1.807, 2.05) is 24.3 Å². The number of nitrogens with one attached hydrogen (secondary N) is 3. The summed E-state index contributed by atoms with van der Waals surface area (Å²) in [6, 6.07) is 7.71. The molecular formula is C16H16F3N7S. The van der Waals surface area contributed by atoms with Crippen molar-refractivity contribution in [3.63, 3.8) is 0 Å². The van der Waals surface area contributed by atoms with Crippen molar-refractivity contribution in [2.45, 2.75) is 19.3 Å². The molecule has 0 aliphatic rings. The summed E-state index contributed by atoms with van der Waals surface area (Å²) in [7, 11) is 1.59. The summed E-state index contributed by atoms with van der Waals surface area (Å²) < 4.78 is 37.8. The molecule has 0 aliphatic heterocycles. The van der Waals surface area contributed by atoms with Gasteiger partial charge in [-0.2, -0.15) is 18.3 Å². The number of benzene rings is 1. The van der Waals surface area contributed by atoms with Crippen molar-refractivity contribution in [1.82, 2.24) is 30.8 Å². The molecule has 27 heavy (non-hydrogen) atoms. The summed E-state index contributed by atoms with van der Waals surface area (Å²) in [5.41, 5.74) is 1.01. The first kappa shape index (κ1) is 18.8. The molecule has 0 spiro atoms. The maximum absolute atomic E-state index is 12.6. The topological polar surface area (TPSA) is 90.9 Å². The zero-order chi connectivity index (χ0) is 19.3. The minimum atomic E-state index is -4.43. The SMILES string of the molecule is CN=C(NCc1cccc(-c2ncn[nH]2)c1)NCc1nc(C(F)(F)F)cs1. The minimum Gasteiger partial charge on any atom is -0.352 e. The van der Waals surface area contributed by atoms with Crippen LogP contribution < -0.4 is 10.6 Å². The Labute approximate surface area is 156 Å². The molecule has 0 unspecified atom stereocenters. The second-order valence-corrected chi connectivity index (χ2v) is 6.38. The highest BCUT2D eigenvalue weighted by atomic mass is 32.1. The number of aromatic nitrogens is 4. The van der Waals surface area contributed by atoms with Crippen molar-refractivity contribution < 1.29 is 13.2 Å². The van der Waals surface area contributed by atoms with Crippen LogP contribution in [0.2, 0.25) is 0 Å². The number of rotatable bonds is 5. The highest BCUT2D eigenvalue weighted by molar-refractivity contribution is 7.09. The van der Waals surface area contributed by atoms with Crippen molar-refractivity contribution in [3.8, 4) is 11.4 Å². The monoisotopic (exact) mass is 395 g/mol. The predicted molar refractivity (Wildman–Crippen MR) is 96.0 cm³/mol. The number of halogens is 3. The van der Waals surface area contributed by atoms with Gasteiger partial charge in [0, 0.05) is 24.5 Å². The Kier molecular flexibility index (Phi) is 5.69. The van der Waals surface area contributed by atoms with Crippen molar-refractivity contribution >= 4 is 17.3 Å². The normalized spacial score (nSPS) is 12.2. The molecule has 11 heteroatoms. The quantitative estimate of drug-likeness (QED) is 0.457. The number of hydrogen-bond donors (Lipinski definition) is 3. The third-order valence-electron chi connectivity index (χ3n) is 3.55. The lowest BCUT2D eigenvalue weighted by atomic mass is 10.1. The van der Waals surface area contributed by atoms with Crippen LogP contribution in [0.4, 0.5) is 13.2 Å². The Balaban J connectivity index is 1.55. The van der Waals surface area contributed by atoms with Crippen LogP contribution in [-0.4, -0.2) is 33.2 Å². The van der Waals surface area contributed by atoms with E-state index in [1.165, 1.54) is 6.33 Å². The maximum atomic E-state index is 12.6. The molecule has 3 rings (SSSR count). The summed E-state index contributed by atoms with van der Waals surface area (Å²) in [6.45, 7) is 0.631. The van der Waals surface area contributed by atoms with Crippen LogP contribution in [0.3, 0.4) is 0 Å². The number of hydrogen-bond acceptors (Lipinski definition) is 5. The second-order valence-electron chi connectivity index (χ2n) is 5.44. The summed E-state index contributed by atoms with van der Waals surface area (Å²) in [4.78, 5) is 11.8. The first-order chi connectivity index (χ1) is 13.0. The van der Waals surface area contributed by atoms with Gasteiger partial charge in [0.2, 0.25) is 0 Å². The molecular weight excluding hydrogens is 379 g/mol. The smallest absolute Gasteiger partial charge is 0.352 e. The Bertz CT molecular complexity index is 903. The molecule has 0 saturated heterocycles. The summed E-state index contributed by atoms with van der Waals surface area (Å²) in [5.74, 6) is 1.13. The zero-order valence-corrected chi connectivity index (χ0v) is 15.0. The highest BCUT2D eigenvalue weighted by Gasteiger charge is 2.33. The lowest BCUT2D eigenvalue weighted by Gasteiger charge is -2.11. The van der Waals surface area contributed by atoms with Gasteiger partial charge in [-0.1, -0.05) is 18.2 Å². The van der Waals surface area contributed by atoms with Gasteiger partial charge in [-0.15, -0.1) is 11.3 Å². The van der Waals surface area contributed by atoms with Gasteiger partial charge in [0.1, 0.15) is 11.3 Å². The number of aromatic amines is 1. The third-order valence-corrected chi connectivity index (χ3v) is 4.40. The van der Waals surface area contributed by atoms with E-state index in [-0.39, 0.29) is 6.54 Å². The van der Waals surface area contributed by atoms with Gasteiger partial charge in [0.05, 0.1) is 6.54 Å². The van der Waals surface area contributed by atoms with Gasteiger partial charge in [-0.3, -0.25) is 10.1 Å². The van der Waals surface area contributed by atoms with E-state index in [4.69, 9.17) is 0 Å². The maximum Gasteiger partial charge on any atom is 0.434 e. The van der Waals surface area contributed by atoms with E-state index in [9.17, 15) is 13.2 Å². The van der Waals surface area contributed by atoms with Crippen molar-refractivity contribution in [3.05, 3.63) is 52.2 Å². The number of thiazole rings is 1. The molecule has 2 aromatic heterocycles. The molecule has 0 amide bonds. The van der Waals surface area contributed by atoms with Crippen LogP contribution >= 0.6 is 11.3 Å². The number of alkyl halides is 3. The van der Waals surface area contributed by atoms with Crippen LogP contribution in [0.15, 0.2) is 41.0 Å². The molecule has 0 atom stereocenters. The van der Waals surface area contributed by atoms with Gasteiger partial charge in [0.15, 0.2) is 17.5 Å². The van der Waals surface area contributed by atoms with Crippen LogP contribution in [0, 0.1) is 0 Å². The van der Waals surface area contributed by atoms with Crippen LogP contribution in [0.25, 0.3) is 11.4 Å². The van der Waals surface area contributed by atoms with Gasteiger partial charge >= 0.3 is 6.18 Å². The number of aliphatic imine (C=N–C) groups is 1.